The zero-order valence-electron chi connectivity index (χ0n) is 20.5. The van der Waals surface area contributed by atoms with E-state index < -0.39 is 5.54 Å². The largest absolute Gasteiger partial charge is 0.494 e. The van der Waals surface area contributed by atoms with E-state index in [0.29, 0.717) is 31.2 Å². The maximum absolute atomic E-state index is 13.9. The number of furan rings is 1. The van der Waals surface area contributed by atoms with E-state index in [-0.39, 0.29) is 17.9 Å². The molecule has 3 heterocycles. The highest BCUT2D eigenvalue weighted by Crippen LogP contribution is 2.35. The lowest BCUT2D eigenvalue weighted by molar-refractivity contribution is -0.134. The molecule has 5 rings (SSSR count). The number of ether oxygens (including phenoxy) is 1. The summed E-state index contributed by atoms with van der Waals surface area (Å²) in [6.07, 6.45) is 7.06. The lowest BCUT2D eigenvalue weighted by Gasteiger charge is -2.45. The Bertz CT molecular complexity index is 1180. The first-order valence-electron chi connectivity index (χ1n) is 12.6. The zero-order chi connectivity index (χ0) is 24.4. The maximum atomic E-state index is 13.9. The Kier molecular flexibility index (Phi) is 6.41. The van der Waals surface area contributed by atoms with E-state index in [1.54, 1.807) is 11.2 Å². The van der Waals surface area contributed by atoms with E-state index in [1.165, 1.54) is 6.42 Å². The second-order valence-corrected chi connectivity index (χ2v) is 9.72. The smallest absolute Gasteiger partial charge is 0.271 e. The summed E-state index contributed by atoms with van der Waals surface area (Å²) in [5.41, 5.74) is 1.26. The Balaban J connectivity index is 1.49. The highest BCUT2D eigenvalue weighted by Gasteiger charge is 2.48. The van der Waals surface area contributed by atoms with Crippen LogP contribution in [-0.4, -0.2) is 39.5 Å². The predicted molar refractivity (Wildman–Crippen MR) is 133 cm³/mol. The van der Waals surface area contributed by atoms with Gasteiger partial charge in [-0.1, -0.05) is 31.4 Å². The molecule has 0 bridgehead atoms. The van der Waals surface area contributed by atoms with Gasteiger partial charge < -0.3 is 23.9 Å². The Labute approximate surface area is 206 Å². The number of carbonyl (C=O) groups is 2. The average molecular weight is 476 g/mol. The summed E-state index contributed by atoms with van der Waals surface area (Å²) in [5.74, 6) is 1.20. The van der Waals surface area contributed by atoms with Gasteiger partial charge >= 0.3 is 0 Å². The van der Waals surface area contributed by atoms with Crippen molar-refractivity contribution >= 4 is 11.8 Å². The number of rotatable bonds is 7. The van der Waals surface area contributed by atoms with Crippen LogP contribution < -0.4 is 10.1 Å². The van der Waals surface area contributed by atoms with Crippen LogP contribution in [0.5, 0.6) is 5.75 Å². The molecule has 1 aromatic carbocycles. The van der Waals surface area contributed by atoms with Crippen LogP contribution in [0.2, 0.25) is 0 Å². The van der Waals surface area contributed by atoms with Gasteiger partial charge in [-0.05, 0) is 68.7 Å². The van der Waals surface area contributed by atoms with Crippen molar-refractivity contribution < 1.29 is 18.7 Å². The average Bonchev–Trinajstić information content (AvgIpc) is 3.53. The molecule has 1 unspecified atom stereocenters. The third kappa shape index (κ3) is 4.47. The number of carbonyl (C=O) groups excluding carboxylic acids is 2. The quantitative estimate of drug-likeness (QED) is 0.521. The molecule has 1 fully saturated rings. The van der Waals surface area contributed by atoms with Gasteiger partial charge in [0.1, 0.15) is 22.7 Å². The van der Waals surface area contributed by atoms with Gasteiger partial charge in [-0.15, -0.1) is 0 Å². The summed E-state index contributed by atoms with van der Waals surface area (Å²) in [6.45, 7) is 5.11. The predicted octanol–water partition coefficient (Wildman–Crippen LogP) is 5.01. The van der Waals surface area contributed by atoms with Gasteiger partial charge in [0.2, 0.25) is 5.91 Å². The summed E-state index contributed by atoms with van der Waals surface area (Å²) in [6, 6.07) is 15.3. The van der Waals surface area contributed by atoms with Crippen LogP contribution in [0, 0.1) is 0 Å². The molecule has 1 aliphatic carbocycles. The summed E-state index contributed by atoms with van der Waals surface area (Å²) in [5, 5.41) is 3.28. The van der Waals surface area contributed by atoms with Gasteiger partial charge in [0, 0.05) is 12.6 Å². The molecule has 1 atom stereocenters. The zero-order valence-corrected chi connectivity index (χ0v) is 20.5. The number of amides is 2. The molecular weight excluding hydrogens is 442 g/mol. The lowest BCUT2D eigenvalue weighted by atomic mass is 9.91. The van der Waals surface area contributed by atoms with Crippen molar-refractivity contribution in [2.75, 3.05) is 6.61 Å². The Morgan fingerprint density at radius 3 is 2.51 bits per heavy atom. The topological polar surface area (TPSA) is 76.7 Å². The van der Waals surface area contributed by atoms with Gasteiger partial charge in [0.15, 0.2) is 0 Å². The summed E-state index contributed by atoms with van der Waals surface area (Å²) >= 11 is 0. The van der Waals surface area contributed by atoms with E-state index in [4.69, 9.17) is 9.15 Å². The highest BCUT2D eigenvalue weighted by atomic mass is 16.5. The minimum absolute atomic E-state index is 0.103. The van der Waals surface area contributed by atoms with Crippen LogP contribution in [-0.2, 0) is 17.9 Å². The minimum atomic E-state index is -1.06. The van der Waals surface area contributed by atoms with E-state index in [2.05, 4.69) is 5.32 Å². The number of nitrogens with one attached hydrogen (secondary N) is 1. The van der Waals surface area contributed by atoms with E-state index >= 15 is 0 Å². The normalized spacial score (nSPS) is 20.5. The van der Waals surface area contributed by atoms with Crippen molar-refractivity contribution in [1.82, 2.24) is 14.8 Å². The summed E-state index contributed by atoms with van der Waals surface area (Å²) < 4.78 is 13.1. The fourth-order valence-electron chi connectivity index (χ4n) is 5.29. The van der Waals surface area contributed by atoms with Crippen LogP contribution >= 0.6 is 0 Å². The second-order valence-electron chi connectivity index (χ2n) is 9.72. The molecular formula is C28H33N3O4. The molecule has 3 aromatic rings. The van der Waals surface area contributed by atoms with Crippen LogP contribution in [0.4, 0.5) is 0 Å². The first-order valence-corrected chi connectivity index (χ1v) is 12.6. The lowest BCUT2D eigenvalue weighted by Crippen LogP contribution is -2.64. The Morgan fingerprint density at radius 2 is 1.83 bits per heavy atom. The summed E-state index contributed by atoms with van der Waals surface area (Å²) in [7, 11) is 0. The van der Waals surface area contributed by atoms with Crippen molar-refractivity contribution in [2.24, 2.45) is 0 Å². The highest BCUT2D eigenvalue weighted by molar-refractivity contribution is 6.00. The Hall–Kier alpha value is -3.48. The molecule has 35 heavy (non-hydrogen) atoms. The van der Waals surface area contributed by atoms with Gasteiger partial charge in [-0.3, -0.25) is 9.59 Å². The SMILES string of the molecule is CCOc1ccc(CN2C(=O)c3ccc(-c4ccco4)n3CC2(C)C(=O)NC2CCCCC2)cc1. The molecule has 2 aliphatic rings. The van der Waals surface area contributed by atoms with Gasteiger partial charge in [-0.25, -0.2) is 0 Å². The molecule has 2 amide bonds. The number of benzene rings is 1. The molecule has 7 heteroatoms. The Morgan fingerprint density at radius 1 is 1.09 bits per heavy atom. The number of fused-ring (bicyclic) bond motifs is 1. The number of nitrogens with zero attached hydrogens (tertiary/aromatic N) is 2. The fourth-order valence-corrected chi connectivity index (χ4v) is 5.29. The standard InChI is InChI=1S/C28H33N3O4/c1-3-34-22-13-11-20(12-14-22)18-31-26(32)24-16-15-23(25-10-7-17-35-25)30(24)19-28(31,2)27(33)29-21-8-5-4-6-9-21/h7,10-17,21H,3-6,8-9,18-19H2,1-2H3,(H,29,33). The van der Waals surface area contributed by atoms with Crippen molar-refractivity contribution in [1.29, 1.82) is 0 Å². The molecule has 1 N–H and O–H groups in total. The second kappa shape index (κ2) is 9.64. The number of hydrogen-bond acceptors (Lipinski definition) is 4. The molecule has 7 nitrogen and oxygen atoms in total. The number of hydrogen-bond donors (Lipinski definition) is 1. The molecule has 1 aliphatic heterocycles. The maximum Gasteiger partial charge on any atom is 0.271 e. The molecule has 0 radical (unpaired) electrons. The molecule has 1 saturated carbocycles. The van der Waals surface area contributed by atoms with Crippen molar-refractivity contribution in [3.63, 3.8) is 0 Å². The van der Waals surface area contributed by atoms with Gasteiger partial charge in [0.05, 0.1) is 25.1 Å². The monoisotopic (exact) mass is 475 g/mol. The first kappa shape index (κ1) is 23.3. The van der Waals surface area contributed by atoms with E-state index in [1.807, 2.05) is 66.9 Å². The van der Waals surface area contributed by atoms with Crippen molar-refractivity contribution in [3.8, 4) is 17.2 Å². The van der Waals surface area contributed by atoms with E-state index in [9.17, 15) is 9.59 Å². The van der Waals surface area contributed by atoms with E-state index in [0.717, 1.165) is 42.7 Å². The summed E-state index contributed by atoms with van der Waals surface area (Å²) in [4.78, 5) is 29.4. The molecule has 0 saturated heterocycles. The molecule has 0 spiro atoms. The molecule has 184 valence electrons. The van der Waals surface area contributed by atoms with Crippen molar-refractivity contribution in [3.05, 3.63) is 66.1 Å². The van der Waals surface area contributed by atoms with Gasteiger partial charge in [0.25, 0.3) is 5.91 Å². The van der Waals surface area contributed by atoms with Crippen LogP contribution in [0.25, 0.3) is 11.5 Å². The number of aromatic nitrogens is 1. The minimum Gasteiger partial charge on any atom is -0.494 e. The third-order valence-electron chi connectivity index (χ3n) is 7.28. The van der Waals surface area contributed by atoms with Crippen LogP contribution in [0.15, 0.2) is 59.2 Å². The first-order chi connectivity index (χ1) is 17.0. The van der Waals surface area contributed by atoms with Gasteiger partial charge in [-0.2, -0.15) is 0 Å². The van der Waals surface area contributed by atoms with Crippen LogP contribution in [0.1, 0.15) is 62.0 Å². The third-order valence-corrected chi connectivity index (χ3v) is 7.28. The fraction of sp³-hybridized carbons (Fsp3) is 0.429. The van der Waals surface area contributed by atoms with Crippen LogP contribution in [0.3, 0.4) is 0 Å². The molecule has 2 aromatic heterocycles. The van der Waals surface area contributed by atoms with Crippen molar-refractivity contribution in [2.45, 2.75) is 70.6 Å².